The maximum atomic E-state index is 11.4. The number of hydrogen-bond donors (Lipinski definition) is 1. The summed E-state index contributed by atoms with van der Waals surface area (Å²) in [5, 5.41) is 9.48. The average molecular weight is 310 g/mol. The van der Waals surface area contributed by atoms with Crippen LogP contribution in [-0.2, 0) is 20.6 Å². The Bertz CT molecular complexity index is 458. The van der Waals surface area contributed by atoms with Crippen LogP contribution in [0.25, 0.3) is 0 Å². The second-order valence-electron chi connectivity index (χ2n) is 5.14. The van der Waals surface area contributed by atoms with Crippen LogP contribution in [0.1, 0.15) is 25.3 Å². The monoisotopic (exact) mass is 310 g/mol. The Balaban J connectivity index is 1.60. The molecule has 0 saturated carbocycles. The second-order valence-corrected chi connectivity index (χ2v) is 5.14. The zero-order valence-electron chi connectivity index (χ0n) is 12.7. The molecule has 2 atom stereocenters. The number of rotatable bonds is 6. The van der Waals surface area contributed by atoms with Gasteiger partial charge in [0.15, 0.2) is 0 Å². The first kappa shape index (κ1) is 16.6. The predicted octanol–water partition coefficient (Wildman–Crippen LogP) is 2.28. The molecule has 1 N–H and O–H groups in total. The molecule has 6 nitrogen and oxygen atoms in total. The minimum atomic E-state index is -0.811. The van der Waals surface area contributed by atoms with Gasteiger partial charge in [-0.15, -0.1) is 0 Å². The summed E-state index contributed by atoms with van der Waals surface area (Å²) in [4.78, 5) is 11.4. The molecule has 1 heterocycles. The summed E-state index contributed by atoms with van der Waals surface area (Å²) in [7, 11) is 0. The molecule has 1 fully saturated rings. The van der Waals surface area contributed by atoms with E-state index in [1.54, 1.807) is 0 Å². The second kappa shape index (κ2) is 8.60. The summed E-state index contributed by atoms with van der Waals surface area (Å²) in [6.45, 7) is 2.41. The number of carbonyl (C=O) groups is 1. The van der Waals surface area contributed by atoms with Crippen molar-refractivity contribution < 1.29 is 28.8 Å². The maximum absolute atomic E-state index is 11.4. The summed E-state index contributed by atoms with van der Waals surface area (Å²) in [5.74, 6) is 0.628. The van der Waals surface area contributed by atoms with Crippen LogP contribution in [-0.4, -0.2) is 43.5 Å². The van der Waals surface area contributed by atoms with E-state index in [0.29, 0.717) is 25.2 Å². The number of aryl methyl sites for hydroxylation is 1. The summed E-state index contributed by atoms with van der Waals surface area (Å²) in [6.07, 6.45) is 0.556. The molecule has 1 aliphatic rings. The summed E-state index contributed by atoms with van der Waals surface area (Å²) < 4.78 is 20.4. The molecule has 22 heavy (non-hydrogen) atoms. The third-order valence-electron chi connectivity index (χ3n) is 3.46. The highest BCUT2D eigenvalue weighted by Gasteiger charge is 2.22. The topological polar surface area (TPSA) is 74.2 Å². The van der Waals surface area contributed by atoms with Crippen LogP contribution in [0.4, 0.5) is 4.79 Å². The van der Waals surface area contributed by atoms with Crippen LogP contribution in [0.15, 0.2) is 24.3 Å². The molecule has 0 aliphatic carbocycles. The molecule has 0 amide bonds. The van der Waals surface area contributed by atoms with Gasteiger partial charge in [0.25, 0.3) is 0 Å². The normalized spacial score (nSPS) is 21.2. The van der Waals surface area contributed by atoms with E-state index in [4.69, 9.17) is 18.9 Å². The quantitative estimate of drug-likeness (QED) is 0.642. The Hall–Kier alpha value is -1.79. The predicted molar refractivity (Wildman–Crippen MR) is 78.7 cm³/mol. The lowest BCUT2D eigenvalue weighted by Gasteiger charge is -2.25. The molecule has 2 rings (SSSR count). The lowest BCUT2D eigenvalue weighted by Crippen LogP contribution is -2.33. The van der Waals surface area contributed by atoms with Crippen molar-refractivity contribution in [2.45, 2.75) is 38.4 Å². The molecule has 1 aromatic rings. The Labute approximate surface area is 129 Å². The molecule has 2 unspecified atom stereocenters. The largest absolute Gasteiger partial charge is 0.511 e. The minimum Gasteiger partial charge on any atom is -0.457 e. The highest BCUT2D eigenvalue weighted by Crippen LogP contribution is 2.14. The first-order valence-electron chi connectivity index (χ1n) is 7.48. The van der Waals surface area contributed by atoms with Gasteiger partial charge in [0.05, 0.1) is 12.2 Å². The number of aliphatic hydroxyl groups excluding tert-OH is 1. The smallest absolute Gasteiger partial charge is 0.457 e. The molecule has 6 heteroatoms. The molecule has 0 radical (unpaired) electrons. The van der Waals surface area contributed by atoms with Gasteiger partial charge in [-0.25, -0.2) is 4.79 Å². The van der Waals surface area contributed by atoms with Crippen LogP contribution in [0, 0.1) is 0 Å². The molecule has 1 saturated heterocycles. The molecular formula is C16H22O6. The van der Waals surface area contributed by atoms with E-state index in [1.807, 2.05) is 24.3 Å². The Kier molecular flexibility index (Phi) is 6.48. The SMILES string of the molecule is CCc1ccc(OCOC(=O)OCC2CC(O)CCO2)cc1. The summed E-state index contributed by atoms with van der Waals surface area (Å²) >= 11 is 0. The van der Waals surface area contributed by atoms with Crippen molar-refractivity contribution in [2.24, 2.45) is 0 Å². The van der Waals surface area contributed by atoms with Crippen molar-refractivity contribution in [1.29, 1.82) is 0 Å². The third kappa shape index (κ3) is 5.54. The standard InChI is InChI=1S/C16H22O6/c1-2-12-3-5-14(6-4-12)21-11-22-16(18)20-10-15-9-13(17)7-8-19-15/h3-6,13,15,17H,2,7-11H2,1H3. The fraction of sp³-hybridized carbons (Fsp3) is 0.562. The van der Waals surface area contributed by atoms with Gasteiger partial charge in [0.1, 0.15) is 12.4 Å². The van der Waals surface area contributed by atoms with Gasteiger partial charge >= 0.3 is 6.16 Å². The van der Waals surface area contributed by atoms with Gasteiger partial charge in [-0.05, 0) is 30.5 Å². The maximum Gasteiger partial charge on any atom is 0.511 e. The lowest BCUT2D eigenvalue weighted by atomic mass is 10.1. The Morgan fingerprint density at radius 3 is 2.77 bits per heavy atom. The van der Waals surface area contributed by atoms with E-state index >= 15 is 0 Å². The van der Waals surface area contributed by atoms with Gasteiger partial charge in [0, 0.05) is 13.0 Å². The molecule has 1 aromatic carbocycles. The zero-order chi connectivity index (χ0) is 15.8. The van der Waals surface area contributed by atoms with Crippen molar-refractivity contribution in [3.05, 3.63) is 29.8 Å². The van der Waals surface area contributed by atoms with E-state index in [0.717, 1.165) is 6.42 Å². The number of hydrogen-bond acceptors (Lipinski definition) is 6. The van der Waals surface area contributed by atoms with Crippen LogP contribution in [0.2, 0.25) is 0 Å². The Morgan fingerprint density at radius 2 is 2.09 bits per heavy atom. The lowest BCUT2D eigenvalue weighted by molar-refractivity contribution is -0.0784. The summed E-state index contributed by atoms with van der Waals surface area (Å²) in [6, 6.07) is 7.56. The van der Waals surface area contributed by atoms with Crippen LogP contribution >= 0.6 is 0 Å². The van der Waals surface area contributed by atoms with E-state index in [-0.39, 0.29) is 19.5 Å². The number of ether oxygens (including phenoxy) is 4. The van der Waals surface area contributed by atoms with Gasteiger partial charge in [-0.3, -0.25) is 0 Å². The molecule has 122 valence electrons. The van der Waals surface area contributed by atoms with Gasteiger partial charge in [-0.1, -0.05) is 19.1 Å². The van der Waals surface area contributed by atoms with E-state index in [2.05, 4.69) is 6.92 Å². The van der Waals surface area contributed by atoms with E-state index in [1.165, 1.54) is 5.56 Å². The van der Waals surface area contributed by atoms with Crippen molar-refractivity contribution in [2.75, 3.05) is 20.0 Å². The van der Waals surface area contributed by atoms with Crippen molar-refractivity contribution in [1.82, 2.24) is 0 Å². The zero-order valence-corrected chi connectivity index (χ0v) is 12.7. The summed E-state index contributed by atoms with van der Waals surface area (Å²) in [5.41, 5.74) is 1.21. The van der Waals surface area contributed by atoms with Gasteiger partial charge in [-0.2, -0.15) is 0 Å². The fourth-order valence-electron chi connectivity index (χ4n) is 2.15. The van der Waals surface area contributed by atoms with Gasteiger partial charge < -0.3 is 24.1 Å². The number of carbonyl (C=O) groups excluding carboxylic acids is 1. The van der Waals surface area contributed by atoms with E-state index in [9.17, 15) is 9.90 Å². The van der Waals surface area contributed by atoms with E-state index < -0.39 is 12.3 Å². The Morgan fingerprint density at radius 1 is 1.32 bits per heavy atom. The third-order valence-corrected chi connectivity index (χ3v) is 3.46. The van der Waals surface area contributed by atoms with Gasteiger partial charge in [0.2, 0.25) is 6.79 Å². The molecule has 0 bridgehead atoms. The van der Waals surface area contributed by atoms with Crippen LogP contribution in [0.5, 0.6) is 5.75 Å². The number of benzene rings is 1. The van der Waals surface area contributed by atoms with Crippen LogP contribution < -0.4 is 4.74 Å². The average Bonchev–Trinajstić information content (AvgIpc) is 2.54. The molecule has 1 aliphatic heterocycles. The van der Waals surface area contributed by atoms with Crippen molar-refractivity contribution >= 4 is 6.16 Å². The van der Waals surface area contributed by atoms with Crippen molar-refractivity contribution in [3.8, 4) is 5.75 Å². The minimum absolute atomic E-state index is 0.0705. The highest BCUT2D eigenvalue weighted by molar-refractivity contribution is 5.59. The first-order valence-corrected chi connectivity index (χ1v) is 7.48. The number of aliphatic hydroxyl groups is 1. The van der Waals surface area contributed by atoms with Crippen molar-refractivity contribution in [3.63, 3.8) is 0 Å². The van der Waals surface area contributed by atoms with Crippen LogP contribution in [0.3, 0.4) is 0 Å². The fourth-order valence-corrected chi connectivity index (χ4v) is 2.15. The molecular weight excluding hydrogens is 288 g/mol. The highest BCUT2D eigenvalue weighted by atomic mass is 16.8. The molecule has 0 aromatic heterocycles. The first-order chi connectivity index (χ1) is 10.7. The molecule has 0 spiro atoms.